The average molecular weight is 324 g/mol. The Morgan fingerprint density at radius 1 is 1.17 bits per heavy atom. The summed E-state index contributed by atoms with van der Waals surface area (Å²) in [5.41, 5.74) is 2.14. The van der Waals surface area contributed by atoms with Crippen molar-refractivity contribution in [2.45, 2.75) is 32.6 Å². The number of rotatable bonds is 7. The van der Waals surface area contributed by atoms with E-state index in [-0.39, 0.29) is 5.91 Å². The number of benzene rings is 1. The molecule has 0 atom stereocenters. The molecule has 0 bridgehead atoms. The third-order valence-corrected chi connectivity index (χ3v) is 3.68. The Balaban J connectivity index is 1.74. The van der Waals surface area contributed by atoms with Gasteiger partial charge in [-0.15, -0.1) is 0 Å². The van der Waals surface area contributed by atoms with Crippen LogP contribution in [-0.2, 0) is 4.79 Å². The summed E-state index contributed by atoms with van der Waals surface area (Å²) in [6, 6.07) is 9.69. The molecular weight excluding hydrogens is 304 g/mol. The SMILES string of the molecule is CCCCCC(=O)Nc1cn[nH]c1-c1nc(-c2ccccc2)n[nH]1. The van der Waals surface area contributed by atoms with Gasteiger partial charge in [0.1, 0.15) is 5.69 Å². The van der Waals surface area contributed by atoms with E-state index >= 15 is 0 Å². The lowest BCUT2D eigenvalue weighted by Crippen LogP contribution is -2.11. The summed E-state index contributed by atoms with van der Waals surface area (Å²) in [6.07, 6.45) is 5.11. The molecule has 3 N–H and O–H groups in total. The minimum atomic E-state index is -0.0195. The molecule has 24 heavy (non-hydrogen) atoms. The average Bonchev–Trinajstić information content (AvgIpc) is 3.25. The predicted molar refractivity (Wildman–Crippen MR) is 92.2 cm³/mol. The Bertz CT molecular complexity index is 792. The van der Waals surface area contributed by atoms with Crippen LogP contribution in [0.3, 0.4) is 0 Å². The quantitative estimate of drug-likeness (QED) is 0.580. The Morgan fingerprint density at radius 2 is 2.00 bits per heavy atom. The van der Waals surface area contributed by atoms with E-state index in [1.54, 1.807) is 6.20 Å². The van der Waals surface area contributed by atoms with Crippen LogP contribution in [0.1, 0.15) is 32.6 Å². The minimum Gasteiger partial charge on any atom is -0.323 e. The van der Waals surface area contributed by atoms with Gasteiger partial charge in [-0.2, -0.15) is 10.2 Å². The molecule has 124 valence electrons. The van der Waals surface area contributed by atoms with E-state index < -0.39 is 0 Å². The van der Waals surface area contributed by atoms with E-state index in [1.165, 1.54) is 0 Å². The molecule has 3 aromatic rings. The number of aromatic nitrogens is 5. The highest BCUT2D eigenvalue weighted by Gasteiger charge is 2.15. The van der Waals surface area contributed by atoms with Crippen molar-refractivity contribution in [1.82, 2.24) is 25.4 Å². The number of nitrogens with one attached hydrogen (secondary N) is 3. The molecule has 0 unspecified atom stereocenters. The molecule has 7 nitrogen and oxygen atoms in total. The van der Waals surface area contributed by atoms with Crippen molar-refractivity contribution in [3.8, 4) is 22.9 Å². The summed E-state index contributed by atoms with van der Waals surface area (Å²) in [5, 5.41) is 16.9. The summed E-state index contributed by atoms with van der Waals surface area (Å²) < 4.78 is 0. The van der Waals surface area contributed by atoms with Crippen molar-refractivity contribution in [1.29, 1.82) is 0 Å². The number of hydrogen-bond acceptors (Lipinski definition) is 4. The van der Waals surface area contributed by atoms with Crippen LogP contribution in [0.15, 0.2) is 36.5 Å². The Hall–Kier alpha value is -2.96. The van der Waals surface area contributed by atoms with Crippen molar-refractivity contribution in [3.63, 3.8) is 0 Å². The Labute approximate surface area is 139 Å². The van der Waals surface area contributed by atoms with Crippen LogP contribution in [0.5, 0.6) is 0 Å². The van der Waals surface area contributed by atoms with Crippen LogP contribution in [0.4, 0.5) is 5.69 Å². The molecule has 7 heteroatoms. The molecule has 3 rings (SSSR count). The smallest absolute Gasteiger partial charge is 0.224 e. The summed E-state index contributed by atoms with van der Waals surface area (Å²) in [7, 11) is 0. The van der Waals surface area contributed by atoms with Crippen LogP contribution in [0.25, 0.3) is 22.9 Å². The maximum atomic E-state index is 12.0. The number of H-pyrrole nitrogens is 2. The highest BCUT2D eigenvalue weighted by atomic mass is 16.1. The molecular formula is C17H20N6O. The fourth-order valence-electron chi connectivity index (χ4n) is 2.40. The summed E-state index contributed by atoms with van der Waals surface area (Å²) in [6.45, 7) is 2.11. The number of amides is 1. The van der Waals surface area contributed by atoms with Gasteiger partial charge < -0.3 is 5.32 Å². The lowest BCUT2D eigenvalue weighted by atomic mass is 10.2. The van der Waals surface area contributed by atoms with E-state index in [4.69, 9.17) is 0 Å². The molecule has 0 fully saturated rings. The van der Waals surface area contributed by atoms with Crippen molar-refractivity contribution < 1.29 is 4.79 Å². The van der Waals surface area contributed by atoms with E-state index in [1.807, 2.05) is 30.3 Å². The van der Waals surface area contributed by atoms with Gasteiger partial charge in [0.2, 0.25) is 5.91 Å². The molecule has 1 aromatic carbocycles. The zero-order chi connectivity index (χ0) is 16.8. The second-order valence-electron chi connectivity index (χ2n) is 5.54. The third-order valence-electron chi connectivity index (χ3n) is 3.68. The Kier molecular flexibility index (Phi) is 5.00. The maximum Gasteiger partial charge on any atom is 0.224 e. The standard InChI is InChI=1S/C17H20N6O/c1-2-3-5-10-14(24)19-13-11-18-21-15(13)17-20-16(22-23-17)12-8-6-4-7-9-12/h4,6-9,11H,2-3,5,10H2,1H3,(H,18,21)(H,19,24)(H,20,22,23). The van der Waals surface area contributed by atoms with Gasteiger partial charge in [-0.05, 0) is 6.42 Å². The third kappa shape index (κ3) is 3.68. The molecule has 0 saturated carbocycles. The van der Waals surface area contributed by atoms with Crippen molar-refractivity contribution in [2.24, 2.45) is 0 Å². The first-order valence-corrected chi connectivity index (χ1v) is 8.09. The first-order chi connectivity index (χ1) is 11.8. The van der Waals surface area contributed by atoms with Crippen molar-refractivity contribution in [3.05, 3.63) is 36.5 Å². The molecule has 0 aliphatic heterocycles. The Morgan fingerprint density at radius 3 is 2.79 bits per heavy atom. The van der Waals surface area contributed by atoms with Crippen LogP contribution < -0.4 is 5.32 Å². The zero-order valence-corrected chi connectivity index (χ0v) is 13.5. The lowest BCUT2D eigenvalue weighted by Gasteiger charge is -2.03. The number of hydrogen-bond donors (Lipinski definition) is 3. The molecule has 0 spiro atoms. The van der Waals surface area contributed by atoms with Crippen molar-refractivity contribution >= 4 is 11.6 Å². The van der Waals surface area contributed by atoms with E-state index in [2.05, 4.69) is 37.6 Å². The van der Waals surface area contributed by atoms with Crippen LogP contribution in [-0.4, -0.2) is 31.3 Å². The molecule has 0 saturated heterocycles. The second kappa shape index (κ2) is 7.54. The lowest BCUT2D eigenvalue weighted by molar-refractivity contribution is -0.116. The number of carbonyl (C=O) groups excluding carboxylic acids is 1. The zero-order valence-electron chi connectivity index (χ0n) is 13.5. The monoisotopic (exact) mass is 324 g/mol. The first-order valence-electron chi connectivity index (χ1n) is 8.09. The number of anilines is 1. The normalized spacial score (nSPS) is 10.7. The second-order valence-corrected chi connectivity index (χ2v) is 5.54. The maximum absolute atomic E-state index is 12.0. The molecule has 0 aliphatic carbocycles. The highest BCUT2D eigenvalue weighted by Crippen LogP contribution is 2.24. The first kappa shape index (κ1) is 15.9. The van der Waals surface area contributed by atoms with Crippen LogP contribution in [0, 0.1) is 0 Å². The van der Waals surface area contributed by atoms with Gasteiger partial charge >= 0.3 is 0 Å². The molecule has 0 aliphatic rings. The highest BCUT2D eigenvalue weighted by molar-refractivity contribution is 5.93. The van der Waals surface area contributed by atoms with E-state index in [0.717, 1.165) is 24.8 Å². The van der Waals surface area contributed by atoms with Crippen molar-refractivity contribution in [2.75, 3.05) is 5.32 Å². The van der Waals surface area contributed by atoms with Crippen LogP contribution >= 0.6 is 0 Å². The summed E-state index contributed by atoms with van der Waals surface area (Å²) in [4.78, 5) is 16.5. The topological polar surface area (TPSA) is 99.3 Å². The molecule has 1 amide bonds. The predicted octanol–water partition coefficient (Wildman–Crippen LogP) is 3.38. The van der Waals surface area contributed by atoms with E-state index in [0.29, 0.717) is 29.5 Å². The van der Waals surface area contributed by atoms with Gasteiger partial charge in [0.25, 0.3) is 0 Å². The summed E-state index contributed by atoms with van der Waals surface area (Å²) >= 11 is 0. The largest absolute Gasteiger partial charge is 0.323 e. The van der Waals surface area contributed by atoms with Gasteiger partial charge in [0, 0.05) is 12.0 Å². The van der Waals surface area contributed by atoms with Gasteiger partial charge in [-0.1, -0.05) is 50.1 Å². The van der Waals surface area contributed by atoms with Gasteiger partial charge in [0.15, 0.2) is 11.6 Å². The van der Waals surface area contributed by atoms with Gasteiger partial charge in [-0.3, -0.25) is 15.0 Å². The van der Waals surface area contributed by atoms with Crippen LogP contribution in [0.2, 0.25) is 0 Å². The van der Waals surface area contributed by atoms with Gasteiger partial charge in [0.05, 0.1) is 11.9 Å². The summed E-state index contributed by atoms with van der Waals surface area (Å²) in [5.74, 6) is 1.12. The molecule has 0 radical (unpaired) electrons. The number of nitrogens with zero attached hydrogens (tertiary/aromatic N) is 3. The van der Waals surface area contributed by atoms with E-state index in [9.17, 15) is 4.79 Å². The molecule has 2 heterocycles. The minimum absolute atomic E-state index is 0.0195. The number of carbonyl (C=O) groups is 1. The van der Waals surface area contributed by atoms with Gasteiger partial charge in [-0.25, -0.2) is 4.98 Å². The number of aromatic amines is 2. The molecule has 2 aromatic heterocycles. The number of unbranched alkanes of at least 4 members (excludes halogenated alkanes) is 2. The fraction of sp³-hybridized carbons (Fsp3) is 0.294. The fourth-order valence-corrected chi connectivity index (χ4v) is 2.40.